The Kier molecular flexibility index (Phi) is 5.39. The Morgan fingerprint density at radius 3 is 2.50 bits per heavy atom. The minimum absolute atomic E-state index is 0.153. The molecule has 0 bridgehead atoms. The van der Waals surface area contributed by atoms with Gasteiger partial charge in [0.15, 0.2) is 11.7 Å². The summed E-state index contributed by atoms with van der Waals surface area (Å²) in [6.07, 6.45) is -1.02. The largest absolute Gasteiger partial charge is 0.482 e. The monoisotopic (exact) mass is 269 g/mol. The summed E-state index contributed by atoms with van der Waals surface area (Å²) in [7, 11) is 0. The highest BCUT2D eigenvalue weighted by Crippen LogP contribution is 2.07. The van der Waals surface area contributed by atoms with E-state index in [0.717, 1.165) is 0 Å². The summed E-state index contributed by atoms with van der Waals surface area (Å²) in [6.45, 7) is -0.384. The zero-order valence-electron chi connectivity index (χ0n) is 9.21. The van der Waals surface area contributed by atoms with Gasteiger partial charge >= 0.3 is 12.1 Å². The molecule has 8 heteroatoms. The molecule has 4 N–H and O–H groups in total. The number of thiocarbonyl (C=S) groups is 1. The molecule has 0 unspecified atom stereocenters. The van der Waals surface area contributed by atoms with Gasteiger partial charge in [-0.1, -0.05) is 18.2 Å². The maximum atomic E-state index is 11.2. The van der Waals surface area contributed by atoms with Gasteiger partial charge in [-0.3, -0.25) is 5.43 Å². The van der Waals surface area contributed by atoms with Crippen LogP contribution in [-0.2, 0) is 9.53 Å². The Balaban J connectivity index is 2.25. The summed E-state index contributed by atoms with van der Waals surface area (Å²) >= 11 is 4.43. The van der Waals surface area contributed by atoms with E-state index in [2.05, 4.69) is 22.4 Å². The topological polar surface area (TPSA) is 103 Å². The molecule has 0 atom stereocenters. The van der Waals surface area contributed by atoms with Gasteiger partial charge in [0.05, 0.1) is 0 Å². The Morgan fingerprint density at radius 1 is 1.22 bits per heavy atom. The molecule has 0 heterocycles. The van der Waals surface area contributed by atoms with E-state index in [-0.39, 0.29) is 11.7 Å². The van der Waals surface area contributed by atoms with Crippen molar-refractivity contribution < 1.29 is 19.1 Å². The molecule has 0 aliphatic carbocycles. The molecule has 1 amide bonds. The van der Waals surface area contributed by atoms with Gasteiger partial charge in [0.25, 0.3) is 0 Å². The van der Waals surface area contributed by atoms with Gasteiger partial charge in [0.2, 0.25) is 0 Å². The summed E-state index contributed by atoms with van der Waals surface area (Å²) in [5.74, 6) is -0.350. The molecule has 0 spiro atoms. The van der Waals surface area contributed by atoms with E-state index in [9.17, 15) is 9.59 Å². The van der Waals surface area contributed by atoms with Gasteiger partial charge in [-0.25, -0.2) is 15.0 Å². The number of hydrogen-bond acceptors (Lipinski definition) is 5. The van der Waals surface area contributed by atoms with E-state index < -0.39 is 12.1 Å². The summed E-state index contributed by atoms with van der Waals surface area (Å²) in [5.41, 5.74) is 9.12. The molecule has 0 radical (unpaired) electrons. The molecule has 7 nitrogen and oxygen atoms in total. The van der Waals surface area contributed by atoms with E-state index >= 15 is 0 Å². The Morgan fingerprint density at radius 2 is 1.89 bits per heavy atom. The molecule has 96 valence electrons. The van der Waals surface area contributed by atoms with Crippen molar-refractivity contribution in [1.82, 2.24) is 10.9 Å². The van der Waals surface area contributed by atoms with Gasteiger partial charge < -0.3 is 15.2 Å². The lowest BCUT2D eigenvalue weighted by Gasteiger charge is -2.07. The third-order valence-electron chi connectivity index (χ3n) is 1.59. The fourth-order valence-electron chi connectivity index (χ4n) is 0.930. The minimum Gasteiger partial charge on any atom is -0.482 e. The molecule has 0 aliphatic rings. The Hall–Kier alpha value is -2.35. The number of nitrogens with two attached hydrogens (primary N) is 1. The number of hydrogen-bond donors (Lipinski definition) is 3. The second-order valence-corrected chi connectivity index (χ2v) is 3.42. The molecular weight excluding hydrogens is 258 g/mol. The fourth-order valence-corrected chi connectivity index (χ4v) is 0.981. The molecule has 0 aliphatic heterocycles. The van der Waals surface area contributed by atoms with Crippen molar-refractivity contribution in [2.75, 3.05) is 6.61 Å². The van der Waals surface area contributed by atoms with E-state index in [0.29, 0.717) is 5.75 Å². The zero-order chi connectivity index (χ0) is 13.4. The third kappa shape index (κ3) is 5.66. The van der Waals surface area contributed by atoms with Crippen LogP contribution in [0.1, 0.15) is 0 Å². The van der Waals surface area contributed by atoms with Gasteiger partial charge in [0, 0.05) is 0 Å². The highest BCUT2D eigenvalue weighted by Gasteiger charge is 2.10. The van der Waals surface area contributed by atoms with Gasteiger partial charge in [-0.05, 0) is 24.4 Å². The minimum atomic E-state index is -1.02. The van der Waals surface area contributed by atoms with E-state index in [1.54, 1.807) is 30.3 Å². The van der Waals surface area contributed by atoms with E-state index in [1.165, 1.54) is 0 Å². The lowest BCUT2D eigenvalue weighted by molar-refractivity contribution is -0.139. The number of ether oxygens (including phenoxy) is 2. The number of hydrazine groups is 1. The fraction of sp³-hybridized carbons (Fsp3) is 0.100. The molecular formula is C10H11N3O4S. The smallest absolute Gasteiger partial charge is 0.433 e. The van der Waals surface area contributed by atoms with Crippen LogP contribution in [0.5, 0.6) is 5.75 Å². The van der Waals surface area contributed by atoms with Crippen LogP contribution in [0.2, 0.25) is 0 Å². The highest BCUT2D eigenvalue weighted by atomic mass is 32.1. The van der Waals surface area contributed by atoms with Crippen molar-refractivity contribution in [3.05, 3.63) is 30.3 Å². The van der Waals surface area contributed by atoms with Crippen LogP contribution in [0, 0.1) is 0 Å². The number of rotatable bonds is 3. The van der Waals surface area contributed by atoms with Crippen molar-refractivity contribution in [2.45, 2.75) is 0 Å². The first-order valence-electron chi connectivity index (χ1n) is 4.82. The second-order valence-electron chi connectivity index (χ2n) is 2.98. The number of esters is 1. The summed E-state index contributed by atoms with van der Waals surface area (Å²) in [6, 6.07) is 8.64. The molecule has 0 saturated carbocycles. The zero-order valence-corrected chi connectivity index (χ0v) is 10.0. The van der Waals surface area contributed by atoms with Crippen LogP contribution in [0.15, 0.2) is 30.3 Å². The van der Waals surface area contributed by atoms with Crippen molar-refractivity contribution in [1.29, 1.82) is 0 Å². The van der Waals surface area contributed by atoms with Crippen molar-refractivity contribution in [2.24, 2.45) is 5.73 Å². The highest BCUT2D eigenvalue weighted by molar-refractivity contribution is 7.80. The standard InChI is InChI=1S/C10H11N3O4S/c11-9(18)12-13-10(15)17-8(14)6-16-7-4-2-1-3-5-7/h1-5H,6H2,(H,13,15)(H3,11,12,18). The predicted molar refractivity (Wildman–Crippen MR) is 66.5 cm³/mol. The van der Waals surface area contributed by atoms with Crippen LogP contribution in [-0.4, -0.2) is 23.8 Å². The first kappa shape index (κ1) is 13.7. The van der Waals surface area contributed by atoms with Crippen molar-refractivity contribution in [3.63, 3.8) is 0 Å². The van der Waals surface area contributed by atoms with Crippen LogP contribution >= 0.6 is 12.2 Å². The SMILES string of the molecule is NC(=S)NNC(=O)OC(=O)COc1ccccc1. The molecule has 1 aromatic carbocycles. The lowest BCUT2D eigenvalue weighted by atomic mass is 10.3. The maximum Gasteiger partial charge on any atom is 0.433 e. The quantitative estimate of drug-likeness (QED) is 0.309. The van der Waals surface area contributed by atoms with Crippen molar-refractivity contribution >= 4 is 29.4 Å². The summed E-state index contributed by atoms with van der Waals surface area (Å²) in [5, 5.41) is -0.153. The molecule has 0 fully saturated rings. The van der Waals surface area contributed by atoms with E-state index in [4.69, 9.17) is 10.5 Å². The second kappa shape index (κ2) is 7.07. The lowest BCUT2D eigenvalue weighted by Crippen LogP contribution is -2.45. The Bertz CT molecular complexity index is 438. The number of benzene rings is 1. The van der Waals surface area contributed by atoms with Gasteiger partial charge in [0.1, 0.15) is 5.75 Å². The van der Waals surface area contributed by atoms with Gasteiger partial charge in [-0.15, -0.1) is 0 Å². The number of carbonyl (C=O) groups is 2. The average Bonchev–Trinajstić information content (AvgIpc) is 2.35. The molecule has 1 aromatic rings. The summed E-state index contributed by atoms with van der Waals surface area (Å²) < 4.78 is 9.40. The first-order valence-corrected chi connectivity index (χ1v) is 5.22. The molecule has 1 rings (SSSR count). The molecule has 0 aromatic heterocycles. The molecule has 0 saturated heterocycles. The third-order valence-corrected chi connectivity index (χ3v) is 1.70. The maximum absolute atomic E-state index is 11.2. The average molecular weight is 269 g/mol. The van der Waals surface area contributed by atoms with Gasteiger partial charge in [-0.2, -0.15) is 0 Å². The number of carbonyl (C=O) groups excluding carboxylic acids is 2. The molecule has 18 heavy (non-hydrogen) atoms. The number of amides is 1. The van der Waals surface area contributed by atoms with E-state index in [1.807, 2.05) is 5.43 Å². The van der Waals surface area contributed by atoms with Crippen molar-refractivity contribution in [3.8, 4) is 5.75 Å². The summed E-state index contributed by atoms with van der Waals surface area (Å²) in [4.78, 5) is 22.2. The van der Waals surface area contributed by atoms with Crippen LogP contribution in [0.25, 0.3) is 0 Å². The first-order chi connectivity index (χ1) is 8.58. The number of para-hydroxylation sites is 1. The van der Waals surface area contributed by atoms with Crippen LogP contribution in [0.3, 0.4) is 0 Å². The predicted octanol–water partition coefficient (Wildman–Crippen LogP) is 0.0664. The van der Waals surface area contributed by atoms with Crippen LogP contribution < -0.4 is 21.3 Å². The normalized spacial score (nSPS) is 9.11. The number of nitrogens with one attached hydrogen (secondary N) is 2. The Labute approximate surface area is 108 Å². The van der Waals surface area contributed by atoms with Crippen LogP contribution in [0.4, 0.5) is 4.79 Å².